The van der Waals surface area contributed by atoms with Crippen molar-refractivity contribution in [2.45, 2.75) is 0 Å². The smallest absolute Gasteiger partial charge is 0.272 e. The summed E-state index contributed by atoms with van der Waals surface area (Å²) < 4.78 is 1.11. The molecular weight excluding hydrogens is 398 g/mol. The first kappa shape index (κ1) is 14.4. The quantitative estimate of drug-likeness (QED) is 0.587. The second-order valence-corrected chi connectivity index (χ2v) is 5.74. The van der Waals surface area contributed by atoms with Gasteiger partial charge in [-0.05, 0) is 59.0 Å². The fourth-order valence-electron chi connectivity index (χ4n) is 1.44. The molecule has 0 bridgehead atoms. The minimum atomic E-state index is -0.380. The van der Waals surface area contributed by atoms with Crippen LogP contribution in [0.15, 0.2) is 42.5 Å². The van der Waals surface area contributed by atoms with E-state index in [1.165, 1.54) is 0 Å². The minimum Gasteiger partial charge on any atom is -0.298 e. The summed E-state index contributed by atoms with van der Waals surface area (Å²) in [6, 6.07) is 12.5. The third-order valence-electron chi connectivity index (χ3n) is 2.35. The van der Waals surface area contributed by atoms with Gasteiger partial charge in [-0.1, -0.05) is 29.3 Å². The number of nitrogens with one attached hydrogen (secondary N) is 2. The van der Waals surface area contributed by atoms with Gasteiger partial charge in [-0.15, -0.1) is 0 Å². The fourth-order valence-corrected chi connectivity index (χ4v) is 2.37. The van der Waals surface area contributed by atoms with Gasteiger partial charge >= 0.3 is 0 Å². The summed E-state index contributed by atoms with van der Waals surface area (Å²) in [4.78, 5) is 12.0. The molecule has 2 N–H and O–H groups in total. The molecule has 3 nitrogen and oxygen atoms in total. The molecule has 98 valence electrons. The van der Waals surface area contributed by atoms with E-state index in [2.05, 4.69) is 33.4 Å². The zero-order valence-electron chi connectivity index (χ0n) is 9.58. The van der Waals surface area contributed by atoms with E-state index in [1.54, 1.807) is 18.2 Å². The summed E-state index contributed by atoms with van der Waals surface area (Å²) in [7, 11) is 0. The molecule has 0 saturated carbocycles. The second-order valence-electron chi connectivity index (χ2n) is 3.68. The normalized spacial score (nSPS) is 10.1. The van der Waals surface area contributed by atoms with Gasteiger partial charge in [0, 0.05) is 3.57 Å². The molecule has 0 aromatic heterocycles. The number of amides is 1. The molecule has 0 saturated heterocycles. The maximum atomic E-state index is 12.0. The largest absolute Gasteiger partial charge is 0.298 e. The van der Waals surface area contributed by atoms with Crippen LogP contribution < -0.4 is 10.9 Å². The number of rotatable bonds is 3. The summed E-state index contributed by atoms with van der Waals surface area (Å²) >= 11 is 14.1. The van der Waals surface area contributed by atoms with E-state index < -0.39 is 0 Å². The van der Waals surface area contributed by atoms with Crippen molar-refractivity contribution in [3.05, 3.63) is 61.6 Å². The number of benzene rings is 2. The van der Waals surface area contributed by atoms with Crippen LogP contribution in [0.3, 0.4) is 0 Å². The van der Waals surface area contributed by atoms with Crippen molar-refractivity contribution in [2.75, 3.05) is 5.43 Å². The van der Waals surface area contributed by atoms with Crippen molar-refractivity contribution in [3.63, 3.8) is 0 Å². The molecule has 0 spiro atoms. The SMILES string of the molecule is O=C(NNc1ccc(I)cc1)c1c(Cl)cccc1Cl. The van der Waals surface area contributed by atoms with Crippen LogP contribution in [-0.4, -0.2) is 5.91 Å². The molecule has 0 unspecified atom stereocenters. The summed E-state index contributed by atoms with van der Waals surface area (Å²) in [6.07, 6.45) is 0. The molecule has 0 heterocycles. The lowest BCUT2D eigenvalue weighted by Gasteiger charge is -2.10. The second kappa shape index (κ2) is 6.45. The van der Waals surface area contributed by atoms with Crippen LogP contribution in [-0.2, 0) is 0 Å². The lowest BCUT2D eigenvalue weighted by molar-refractivity contribution is 0.0963. The Morgan fingerprint density at radius 3 is 2.16 bits per heavy atom. The monoisotopic (exact) mass is 406 g/mol. The van der Waals surface area contributed by atoms with Crippen LogP contribution in [0, 0.1) is 3.57 Å². The number of hydrogen-bond acceptors (Lipinski definition) is 2. The fraction of sp³-hybridized carbons (Fsp3) is 0. The number of carbonyl (C=O) groups excluding carboxylic acids is 1. The van der Waals surface area contributed by atoms with Gasteiger partial charge in [0.2, 0.25) is 0 Å². The van der Waals surface area contributed by atoms with Crippen LogP contribution in [0.4, 0.5) is 5.69 Å². The van der Waals surface area contributed by atoms with Crippen molar-refractivity contribution in [1.82, 2.24) is 5.43 Å². The Balaban J connectivity index is 2.07. The van der Waals surface area contributed by atoms with Crippen LogP contribution >= 0.6 is 45.8 Å². The van der Waals surface area contributed by atoms with E-state index in [4.69, 9.17) is 23.2 Å². The third kappa shape index (κ3) is 3.75. The van der Waals surface area contributed by atoms with Crippen LogP contribution in [0.1, 0.15) is 10.4 Å². The average molecular weight is 407 g/mol. The number of carbonyl (C=O) groups is 1. The van der Waals surface area contributed by atoms with Crippen molar-refractivity contribution < 1.29 is 4.79 Å². The maximum Gasteiger partial charge on any atom is 0.272 e. The van der Waals surface area contributed by atoms with Crippen LogP contribution in [0.25, 0.3) is 0 Å². The Morgan fingerprint density at radius 2 is 1.58 bits per heavy atom. The van der Waals surface area contributed by atoms with Crippen molar-refractivity contribution >= 4 is 57.4 Å². The standard InChI is InChI=1S/C13H9Cl2IN2O/c14-10-2-1-3-11(15)12(10)13(19)18-17-9-6-4-8(16)5-7-9/h1-7,17H,(H,18,19). The lowest BCUT2D eigenvalue weighted by Crippen LogP contribution is -2.29. The van der Waals surface area contributed by atoms with E-state index in [1.807, 2.05) is 24.3 Å². The van der Waals surface area contributed by atoms with E-state index in [9.17, 15) is 4.79 Å². The number of hydrogen-bond donors (Lipinski definition) is 2. The molecule has 6 heteroatoms. The molecule has 0 aliphatic rings. The molecule has 0 aliphatic carbocycles. The Kier molecular flexibility index (Phi) is 4.90. The highest BCUT2D eigenvalue weighted by molar-refractivity contribution is 14.1. The summed E-state index contributed by atoms with van der Waals surface area (Å²) in [6.45, 7) is 0. The molecular formula is C13H9Cl2IN2O. The molecule has 0 atom stereocenters. The third-order valence-corrected chi connectivity index (χ3v) is 3.70. The van der Waals surface area contributed by atoms with E-state index in [0.717, 1.165) is 9.26 Å². The van der Waals surface area contributed by atoms with Crippen molar-refractivity contribution in [1.29, 1.82) is 0 Å². The van der Waals surface area contributed by atoms with Crippen LogP contribution in [0.5, 0.6) is 0 Å². The van der Waals surface area contributed by atoms with E-state index >= 15 is 0 Å². The molecule has 2 aromatic carbocycles. The maximum absolute atomic E-state index is 12.0. The summed E-state index contributed by atoms with van der Waals surface area (Å²) in [5.74, 6) is -0.380. The van der Waals surface area contributed by atoms with E-state index in [-0.39, 0.29) is 11.5 Å². The minimum absolute atomic E-state index is 0.254. The average Bonchev–Trinajstić information content (AvgIpc) is 2.38. The Labute approximate surface area is 134 Å². The summed E-state index contributed by atoms with van der Waals surface area (Å²) in [5, 5.41) is 0.629. The molecule has 19 heavy (non-hydrogen) atoms. The number of anilines is 1. The van der Waals surface area contributed by atoms with Gasteiger partial charge in [-0.25, -0.2) is 0 Å². The van der Waals surface area contributed by atoms with Gasteiger partial charge in [0.15, 0.2) is 0 Å². The van der Waals surface area contributed by atoms with Crippen LogP contribution in [0.2, 0.25) is 10.0 Å². The number of hydrazine groups is 1. The Bertz CT molecular complexity index is 582. The summed E-state index contributed by atoms with van der Waals surface area (Å²) in [5.41, 5.74) is 6.39. The molecule has 2 rings (SSSR count). The molecule has 0 fully saturated rings. The van der Waals surface area contributed by atoms with Gasteiger partial charge in [-0.3, -0.25) is 15.6 Å². The first-order valence-corrected chi connectivity index (χ1v) is 7.17. The molecule has 0 aliphatic heterocycles. The van der Waals surface area contributed by atoms with E-state index in [0.29, 0.717) is 10.0 Å². The number of halogens is 3. The molecule has 1 amide bonds. The van der Waals surface area contributed by atoms with Gasteiger partial charge in [0.1, 0.15) is 0 Å². The topological polar surface area (TPSA) is 41.1 Å². The Hall–Kier alpha value is -0.980. The molecule has 0 radical (unpaired) electrons. The zero-order valence-corrected chi connectivity index (χ0v) is 13.3. The zero-order chi connectivity index (χ0) is 13.8. The van der Waals surface area contributed by atoms with Crippen molar-refractivity contribution in [2.24, 2.45) is 0 Å². The van der Waals surface area contributed by atoms with Gasteiger partial charge in [-0.2, -0.15) is 0 Å². The van der Waals surface area contributed by atoms with Crippen molar-refractivity contribution in [3.8, 4) is 0 Å². The van der Waals surface area contributed by atoms with Gasteiger partial charge in [0.25, 0.3) is 5.91 Å². The first-order valence-electron chi connectivity index (χ1n) is 5.34. The van der Waals surface area contributed by atoms with Gasteiger partial charge < -0.3 is 0 Å². The highest BCUT2D eigenvalue weighted by Gasteiger charge is 2.13. The predicted molar refractivity (Wildman–Crippen MR) is 86.7 cm³/mol. The predicted octanol–water partition coefficient (Wildman–Crippen LogP) is 4.35. The highest BCUT2D eigenvalue weighted by atomic mass is 127. The molecule has 2 aromatic rings. The highest BCUT2D eigenvalue weighted by Crippen LogP contribution is 2.23. The van der Waals surface area contributed by atoms with Gasteiger partial charge in [0.05, 0.1) is 21.3 Å². The Morgan fingerprint density at radius 1 is 1.00 bits per heavy atom. The lowest BCUT2D eigenvalue weighted by atomic mass is 10.2. The first-order chi connectivity index (χ1) is 9.08.